The number of nitrogens with one attached hydrogen (secondary N) is 1. The number of carbonyl (C=O) groups is 1. The average molecular weight is 425 g/mol. The molecular formula is C19H21ClN2O5S. The van der Waals surface area contributed by atoms with E-state index in [1.165, 1.54) is 30.7 Å². The normalized spacial score (nSPS) is 17.3. The third-order valence-corrected chi connectivity index (χ3v) is 6.86. The number of methoxy groups -OCH3 is 2. The van der Waals surface area contributed by atoms with Gasteiger partial charge in [-0.05, 0) is 49.2 Å². The molecule has 1 heterocycles. The van der Waals surface area contributed by atoms with Crippen LogP contribution < -0.4 is 14.8 Å². The predicted molar refractivity (Wildman–Crippen MR) is 107 cm³/mol. The summed E-state index contributed by atoms with van der Waals surface area (Å²) in [4.78, 5) is 12.9. The number of rotatable bonds is 6. The van der Waals surface area contributed by atoms with Crippen molar-refractivity contribution in [2.24, 2.45) is 0 Å². The summed E-state index contributed by atoms with van der Waals surface area (Å²) in [6.45, 7) is 0.276. The molecule has 1 fully saturated rings. The number of amides is 1. The highest BCUT2D eigenvalue weighted by Crippen LogP contribution is 2.30. The van der Waals surface area contributed by atoms with Crippen LogP contribution in [0.2, 0.25) is 5.02 Å². The zero-order chi connectivity index (χ0) is 20.3. The van der Waals surface area contributed by atoms with Crippen LogP contribution in [0.25, 0.3) is 0 Å². The summed E-state index contributed by atoms with van der Waals surface area (Å²) in [5.74, 6) is 0.668. The Bertz CT molecular complexity index is 963. The summed E-state index contributed by atoms with van der Waals surface area (Å²) in [6.07, 6.45) is 1.03. The van der Waals surface area contributed by atoms with Crippen LogP contribution in [-0.2, 0) is 14.8 Å². The average Bonchev–Trinajstić information content (AvgIpc) is 3.20. The Hall–Kier alpha value is -2.29. The van der Waals surface area contributed by atoms with Crippen LogP contribution in [0, 0.1) is 0 Å². The molecule has 1 aliphatic rings. The second kappa shape index (κ2) is 8.38. The summed E-state index contributed by atoms with van der Waals surface area (Å²) in [5.41, 5.74) is 0.375. The van der Waals surface area contributed by atoms with Crippen molar-refractivity contribution in [1.29, 1.82) is 0 Å². The van der Waals surface area contributed by atoms with E-state index in [1.54, 1.807) is 30.3 Å². The fourth-order valence-corrected chi connectivity index (χ4v) is 4.94. The molecule has 150 valence electrons. The smallest absolute Gasteiger partial charge is 0.243 e. The van der Waals surface area contributed by atoms with Crippen molar-refractivity contribution in [2.75, 3.05) is 26.1 Å². The van der Waals surface area contributed by atoms with E-state index in [-0.39, 0.29) is 11.4 Å². The number of ether oxygens (including phenoxy) is 2. The summed E-state index contributed by atoms with van der Waals surface area (Å²) in [5, 5.41) is 3.07. The topological polar surface area (TPSA) is 84.9 Å². The minimum absolute atomic E-state index is 0.118. The minimum atomic E-state index is -3.81. The van der Waals surface area contributed by atoms with Crippen molar-refractivity contribution in [3.63, 3.8) is 0 Å². The SMILES string of the molecule is COc1ccc(S(=O)(=O)N2CCC[C@H]2C(=O)Nc2cc(OC)ccc2Cl)cc1. The molecule has 1 aliphatic heterocycles. The van der Waals surface area contributed by atoms with Crippen LogP contribution in [-0.4, -0.2) is 45.4 Å². The van der Waals surface area contributed by atoms with Crippen LogP contribution in [0.5, 0.6) is 11.5 Å². The molecule has 0 unspecified atom stereocenters. The van der Waals surface area contributed by atoms with E-state index in [0.717, 1.165) is 0 Å². The van der Waals surface area contributed by atoms with Crippen molar-refractivity contribution >= 4 is 33.2 Å². The maximum atomic E-state index is 13.0. The Kier molecular flexibility index (Phi) is 6.12. The molecule has 0 radical (unpaired) electrons. The first kappa shape index (κ1) is 20.4. The first-order chi connectivity index (χ1) is 13.4. The molecule has 1 amide bonds. The van der Waals surface area contributed by atoms with E-state index in [2.05, 4.69) is 5.32 Å². The van der Waals surface area contributed by atoms with Gasteiger partial charge < -0.3 is 14.8 Å². The van der Waals surface area contributed by atoms with Crippen molar-refractivity contribution in [1.82, 2.24) is 4.31 Å². The number of anilines is 1. The molecule has 1 N–H and O–H groups in total. The molecule has 0 bridgehead atoms. The van der Waals surface area contributed by atoms with Crippen molar-refractivity contribution < 1.29 is 22.7 Å². The zero-order valence-corrected chi connectivity index (χ0v) is 17.1. The number of hydrogen-bond acceptors (Lipinski definition) is 5. The van der Waals surface area contributed by atoms with Gasteiger partial charge in [0.1, 0.15) is 17.5 Å². The molecule has 2 aromatic carbocycles. The quantitative estimate of drug-likeness (QED) is 0.769. The largest absolute Gasteiger partial charge is 0.497 e. The van der Waals surface area contributed by atoms with E-state index in [4.69, 9.17) is 21.1 Å². The Morgan fingerprint density at radius 1 is 1.11 bits per heavy atom. The maximum Gasteiger partial charge on any atom is 0.243 e. The van der Waals surface area contributed by atoms with Gasteiger partial charge in [0.15, 0.2) is 0 Å². The monoisotopic (exact) mass is 424 g/mol. The van der Waals surface area contributed by atoms with Gasteiger partial charge in [0.25, 0.3) is 0 Å². The standard InChI is InChI=1S/C19H21ClN2O5S/c1-26-13-5-8-15(9-6-13)28(24,25)22-11-3-4-18(22)19(23)21-17-12-14(27-2)7-10-16(17)20/h5-10,12,18H,3-4,11H2,1-2H3,(H,21,23)/t18-/m0/s1. The minimum Gasteiger partial charge on any atom is -0.497 e. The van der Waals surface area contributed by atoms with Crippen molar-refractivity contribution in [2.45, 2.75) is 23.8 Å². The van der Waals surface area contributed by atoms with E-state index in [9.17, 15) is 13.2 Å². The molecule has 9 heteroatoms. The second-order valence-electron chi connectivity index (χ2n) is 6.28. The van der Waals surface area contributed by atoms with Gasteiger partial charge in [0, 0.05) is 12.6 Å². The van der Waals surface area contributed by atoms with Gasteiger partial charge >= 0.3 is 0 Å². The lowest BCUT2D eigenvalue weighted by Gasteiger charge is -2.23. The van der Waals surface area contributed by atoms with Crippen LogP contribution in [0.1, 0.15) is 12.8 Å². The summed E-state index contributed by atoms with van der Waals surface area (Å²) in [7, 11) is -0.797. The lowest BCUT2D eigenvalue weighted by atomic mass is 10.2. The van der Waals surface area contributed by atoms with Crippen LogP contribution in [0.4, 0.5) is 5.69 Å². The van der Waals surface area contributed by atoms with E-state index in [0.29, 0.717) is 35.1 Å². The molecular weight excluding hydrogens is 404 g/mol. The van der Waals surface area contributed by atoms with E-state index >= 15 is 0 Å². The number of hydrogen-bond donors (Lipinski definition) is 1. The number of nitrogens with zero attached hydrogens (tertiary/aromatic N) is 1. The second-order valence-corrected chi connectivity index (χ2v) is 8.58. The van der Waals surface area contributed by atoms with Gasteiger partial charge in [-0.15, -0.1) is 0 Å². The van der Waals surface area contributed by atoms with Gasteiger partial charge in [-0.3, -0.25) is 4.79 Å². The molecule has 0 aromatic heterocycles. The van der Waals surface area contributed by atoms with Crippen molar-refractivity contribution in [3.05, 3.63) is 47.5 Å². The number of carbonyl (C=O) groups excluding carboxylic acids is 1. The molecule has 7 nitrogen and oxygen atoms in total. The Morgan fingerprint density at radius 2 is 1.75 bits per heavy atom. The number of benzene rings is 2. The molecule has 1 saturated heterocycles. The Balaban J connectivity index is 1.82. The molecule has 1 atom stereocenters. The number of sulfonamides is 1. The van der Waals surface area contributed by atoms with Crippen molar-refractivity contribution in [3.8, 4) is 11.5 Å². The van der Waals surface area contributed by atoms with Gasteiger partial charge in [-0.2, -0.15) is 4.31 Å². The highest BCUT2D eigenvalue weighted by atomic mass is 35.5. The first-order valence-corrected chi connectivity index (χ1v) is 10.5. The predicted octanol–water partition coefficient (Wildman–Crippen LogP) is 3.15. The van der Waals surface area contributed by atoms with Gasteiger partial charge in [0.05, 0.1) is 29.8 Å². The van der Waals surface area contributed by atoms with E-state index < -0.39 is 22.0 Å². The molecule has 0 spiro atoms. The molecule has 0 saturated carbocycles. The lowest BCUT2D eigenvalue weighted by Crippen LogP contribution is -2.43. The lowest BCUT2D eigenvalue weighted by molar-refractivity contribution is -0.119. The summed E-state index contributed by atoms with van der Waals surface area (Å²) in [6, 6.07) is 10.2. The zero-order valence-electron chi connectivity index (χ0n) is 15.5. The number of halogens is 1. The first-order valence-electron chi connectivity index (χ1n) is 8.67. The van der Waals surface area contributed by atoms with Crippen LogP contribution in [0.3, 0.4) is 0 Å². The fourth-order valence-electron chi connectivity index (χ4n) is 3.12. The van der Waals surface area contributed by atoms with Gasteiger partial charge in [-0.1, -0.05) is 11.6 Å². The third kappa shape index (κ3) is 4.09. The molecule has 28 heavy (non-hydrogen) atoms. The van der Waals surface area contributed by atoms with Crippen LogP contribution in [0.15, 0.2) is 47.4 Å². The molecule has 2 aromatic rings. The highest BCUT2D eigenvalue weighted by Gasteiger charge is 2.39. The maximum absolute atomic E-state index is 13.0. The summed E-state index contributed by atoms with van der Waals surface area (Å²) >= 11 is 6.14. The van der Waals surface area contributed by atoms with Gasteiger partial charge in [0.2, 0.25) is 15.9 Å². The Labute approximate surface area is 169 Å². The molecule has 3 rings (SSSR count). The molecule has 0 aliphatic carbocycles. The van der Waals surface area contributed by atoms with Crippen LogP contribution >= 0.6 is 11.6 Å². The third-order valence-electron chi connectivity index (χ3n) is 4.60. The van der Waals surface area contributed by atoms with E-state index in [1.807, 2.05) is 0 Å². The highest BCUT2D eigenvalue weighted by molar-refractivity contribution is 7.89. The Morgan fingerprint density at radius 3 is 2.39 bits per heavy atom. The fraction of sp³-hybridized carbons (Fsp3) is 0.316. The van der Waals surface area contributed by atoms with Gasteiger partial charge in [-0.25, -0.2) is 8.42 Å². The summed E-state index contributed by atoms with van der Waals surface area (Å²) < 4.78 is 37.5.